The fourth-order valence-electron chi connectivity index (χ4n) is 4.49. The van der Waals surface area contributed by atoms with E-state index >= 15 is 0 Å². The molecule has 3 amide bonds. The van der Waals surface area contributed by atoms with Crippen LogP contribution in [0.25, 0.3) is 22.0 Å². The number of aromatic nitrogens is 3. The Hall–Kier alpha value is -3.29. The van der Waals surface area contributed by atoms with E-state index in [-0.39, 0.29) is 12.1 Å². The lowest BCUT2D eigenvalue weighted by Crippen LogP contribution is -2.45. The summed E-state index contributed by atoms with van der Waals surface area (Å²) in [4.78, 5) is 26.6. The lowest BCUT2D eigenvalue weighted by atomic mass is 9.97. The Morgan fingerprint density at radius 2 is 1.66 bits per heavy atom. The van der Waals surface area contributed by atoms with Gasteiger partial charge in [-0.1, -0.05) is 33.8 Å². The second-order valence-electron chi connectivity index (χ2n) is 10.5. The highest BCUT2D eigenvalue weighted by Gasteiger charge is 2.23. The maximum atomic E-state index is 12.3. The van der Waals surface area contributed by atoms with Gasteiger partial charge < -0.3 is 20.1 Å². The maximum absolute atomic E-state index is 12.3. The highest BCUT2D eigenvalue weighted by atomic mass is 16.2. The second kappa shape index (κ2) is 11.0. The summed E-state index contributed by atoms with van der Waals surface area (Å²) in [5.41, 5.74) is 3.16. The number of amides is 3. The molecule has 0 aliphatic carbocycles. The maximum Gasteiger partial charge on any atom is 0.342 e. The number of hydrogen-bond donors (Lipinski definition) is 2. The quantitative estimate of drug-likeness (QED) is 0.512. The van der Waals surface area contributed by atoms with Gasteiger partial charge in [0, 0.05) is 61.6 Å². The molecular formula is C27H38N6O2. The molecule has 35 heavy (non-hydrogen) atoms. The van der Waals surface area contributed by atoms with Crippen LogP contribution in [0.4, 0.5) is 9.59 Å². The average molecular weight is 479 g/mol. The molecule has 0 spiro atoms. The van der Waals surface area contributed by atoms with E-state index in [0.29, 0.717) is 24.3 Å². The SMILES string of the molecule is CC(C)CNC(=O)N1CCC(Cn2ccc3cc(-c4cnn(C(=O)NCC(C)C)c4)ccc32)CC1. The number of urea groups is 1. The van der Waals surface area contributed by atoms with Crippen molar-refractivity contribution in [3.63, 3.8) is 0 Å². The van der Waals surface area contributed by atoms with Gasteiger partial charge in [-0.15, -0.1) is 0 Å². The molecule has 1 aliphatic heterocycles. The fourth-order valence-corrected chi connectivity index (χ4v) is 4.49. The molecule has 2 aromatic heterocycles. The number of hydrogen-bond acceptors (Lipinski definition) is 3. The molecule has 4 rings (SSSR count). The zero-order chi connectivity index (χ0) is 24.9. The number of piperidine rings is 1. The topological polar surface area (TPSA) is 84.2 Å². The number of carbonyl (C=O) groups excluding carboxylic acids is 2. The third kappa shape index (κ3) is 6.24. The van der Waals surface area contributed by atoms with Gasteiger partial charge in [0.05, 0.1) is 6.20 Å². The van der Waals surface area contributed by atoms with E-state index in [1.807, 2.05) is 4.90 Å². The normalized spacial score (nSPS) is 14.7. The van der Waals surface area contributed by atoms with Crippen molar-refractivity contribution in [1.29, 1.82) is 0 Å². The molecule has 0 saturated carbocycles. The van der Waals surface area contributed by atoms with Crippen LogP contribution in [0, 0.1) is 17.8 Å². The molecule has 0 atom stereocenters. The highest BCUT2D eigenvalue weighted by molar-refractivity contribution is 5.86. The summed E-state index contributed by atoms with van der Waals surface area (Å²) in [5.74, 6) is 1.41. The van der Waals surface area contributed by atoms with Crippen molar-refractivity contribution in [2.45, 2.75) is 47.1 Å². The molecule has 8 heteroatoms. The van der Waals surface area contributed by atoms with Crippen LogP contribution in [0.2, 0.25) is 0 Å². The smallest absolute Gasteiger partial charge is 0.342 e. The Bertz CT molecular complexity index is 1150. The van der Waals surface area contributed by atoms with E-state index in [9.17, 15) is 9.59 Å². The summed E-state index contributed by atoms with van der Waals surface area (Å²) in [7, 11) is 0. The van der Waals surface area contributed by atoms with Crippen molar-refractivity contribution in [2.75, 3.05) is 26.2 Å². The van der Waals surface area contributed by atoms with Crippen LogP contribution in [0.1, 0.15) is 40.5 Å². The van der Waals surface area contributed by atoms with E-state index in [1.165, 1.54) is 15.6 Å². The molecule has 0 radical (unpaired) electrons. The summed E-state index contributed by atoms with van der Waals surface area (Å²) >= 11 is 0. The molecule has 0 unspecified atom stereocenters. The minimum absolute atomic E-state index is 0.0665. The molecule has 1 aromatic carbocycles. The summed E-state index contributed by atoms with van der Waals surface area (Å²) in [6.45, 7) is 12.3. The van der Waals surface area contributed by atoms with Crippen molar-refractivity contribution < 1.29 is 9.59 Å². The number of nitrogens with one attached hydrogen (secondary N) is 2. The van der Waals surface area contributed by atoms with Crippen LogP contribution in [0.15, 0.2) is 42.9 Å². The minimum atomic E-state index is -0.208. The zero-order valence-corrected chi connectivity index (χ0v) is 21.3. The second-order valence-corrected chi connectivity index (χ2v) is 10.5. The van der Waals surface area contributed by atoms with Crippen LogP contribution in [0.5, 0.6) is 0 Å². The van der Waals surface area contributed by atoms with Crippen molar-refractivity contribution in [2.24, 2.45) is 17.8 Å². The summed E-state index contributed by atoms with van der Waals surface area (Å²) in [6, 6.07) is 8.40. The summed E-state index contributed by atoms with van der Waals surface area (Å²) < 4.78 is 3.68. The van der Waals surface area contributed by atoms with Gasteiger partial charge in [0.1, 0.15) is 0 Å². The largest absolute Gasteiger partial charge is 0.347 e. The Labute approximate surface area is 207 Å². The van der Waals surface area contributed by atoms with Gasteiger partial charge in [0.2, 0.25) is 0 Å². The number of benzene rings is 1. The molecule has 1 aliphatic rings. The molecule has 3 aromatic rings. The highest BCUT2D eigenvalue weighted by Crippen LogP contribution is 2.27. The molecule has 8 nitrogen and oxygen atoms in total. The third-order valence-corrected chi connectivity index (χ3v) is 6.57. The summed E-state index contributed by atoms with van der Waals surface area (Å²) in [5, 5.41) is 11.3. The van der Waals surface area contributed by atoms with Crippen molar-refractivity contribution in [3.05, 3.63) is 42.9 Å². The van der Waals surface area contributed by atoms with Gasteiger partial charge >= 0.3 is 12.1 Å². The molecule has 188 valence electrons. The number of rotatable bonds is 7. The molecule has 1 fully saturated rings. The van der Waals surface area contributed by atoms with Crippen molar-refractivity contribution in [1.82, 2.24) is 29.9 Å². The zero-order valence-electron chi connectivity index (χ0n) is 21.3. The Balaban J connectivity index is 1.36. The van der Waals surface area contributed by atoms with E-state index in [4.69, 9.17) is 0 Å². The first kappa shape index (κ1) is 24.8. The summed E-state index contributed by atoms with van der Waals surface area (Å²) in [6.07, 6.45) is 7.70. The number of nitrogens with zero attached hydrogens (tertiary/aromatic N) is 4. The fraction of sp³-hybridized carbons (Fsp3) is 0.519. The predicted molar refractivity (Wildman–Crippen MR) is 139 cm³/mol. The molecule has 3 heterocycles. The van der Waals surface area contributed by atoms with Crippen molar-refractivity contribution in [3.8, 4) is 11.1 Å². The van der Waals surface area contributed by atoms with Gasteiger partial charge in [-0.2, -0.15) is 9.78 Å². The van der Waals surface area contributed by atoms with E-state index in [0.717, 1.165) is 50.1 Å². The first-order valence-electron chi connectivity index (χ1n) is 12.7. The Morgan fingerprint density at radius 3 is 2.34 bits per heavy atom. The monoisotopic (exact) mass is 478 g/mol. The van der Waals surface area contributed by atoms with Crippen LogP contribution in [-0.4, -0.2) is 57.5 Å². The van der Waals surface area contributed by atoms with Crippen LogP contribution < -0.4 is 10.6 Å². The van der Waals surface area contributed by atoms with E-state index in [1.54, 1.807) is 12.4 Å². The van der Waals surface area contributed by atoms with Crippen molar-refractivity contribution >= 4 is 23.0 Å². The van der Waals surface area contributed by atoms with Gasteiger partial charge in [0.25, 0.3) is 0 Å². The average Bonchev–Trinajstić information content (AvgIpc) is 3.49. The standard InChI is InChI=1S/C27H38N6O2/c1-19(2)14-28-26(34)31-10-7-21(8-11-31)17-32-12-9-23-13-22(5-6-25(23)32)24-16-30-33(18-24)27(35)29-15-20(3)4/h5-6,9,12-13,16,18-21H,7-8,10-11,14-15,17H2,1-4H3,(H,28,34)(H,29,35). The molecule has 1 saturated heterocycles. The molecular weight excluding hydrogens is 440 g/mol. The number of likely N-dealkylation sites (tertiary alicyclic amines) is 1. The van der Waals surface area contributed by atoms with E-state index < -0.39 is 0 Å². The van der Waals surface area contributed by atoms with Gasteiger partial charge in [0.15, 0.2) is 0 Å². The lowest BCUT2D eigenvalue weighted by molar-refractivity contribution is 0.165. The number of fused-ring (bicyclic) bond motifs is 1. The first-order valence-corrected chi connectivity index (χ1v) is 12.7. The Kier molecular flexibility index (Phi) is 7.78. The van der Waals surface area contributed by atoms with Gasteiger partial charge in [-0.3, -0.25) is 0 Å². The van der Waals surface area contributed by atoms with Crippen LogP contribution in [0.3, 0.4) is 0 Å². The predicted octanol–water partition coefficient (Wildman–Crippen LogP) is 4.80. The first-order chi connectivity index (χ1) is 16.8. The van der Waals surface area contributed by atoms with Crippen LogP contribution >= 0.6 is 0 Å². The molecule has 0 bridgehead atoms. The van der Waals surface area contributed by atoms with Gasteiger partial charge in [-0.05, 0) is 54.4 Å². The van der Waals surface area contributed by atoms with Gasteiger partial charge in [-0.25, -0.2) is 9.59 Å². The molecule has 2 N–H and O–H groups in total. The van der Waals surface area contributed by atoms with E-state index in [2.05, 4.69) is 78.5 Å². The number of carbonyl (C=O) groups is 2. The minimum Gasteiger partial charge on any atom is -0.347 e. The lowest BCUT2D eigenvalue weighted by Gasteiger charge is -2.32. The Morgan fingerprint density at radius 1 is 0.971 bits per heavy atom. The third-order valence-electron chi connectivity index (χ3n) is 6.57. The van der Waals surface area contributed by atoms with Crippen LogP contribution in [-0.2, 0) is 6.54 Å².